The Morgan fingerprint density at radius 3 is 2.65 bits per heavy atom. The number of fused-ring (bicyclic) bond motifs is 1. The zero-order valence-electron chi connectivity index (χ0n) is 20.5. The van der Waals surface area contributed by atoms with Gasteiger partial charge in [-0.15, -0.1) is 0 Å². The molecule has 3 aromatic rings. The van der Waals surface area contributed by atoms with Gasteiger partial charge in [-0.05, 0) is 61.3 Å². The number of nitrogen functional groups attached to an aromatic ring is 1. The number of carboxylic acids is 1. The number of nitrogens with one attached hydrogen (secondary N) is 1. The molecule has 1 aliphatic carbocycles. The fraction of sp³-hybridized carbons (Fsp3) is 0.423. The summed E-state index contributed by atoms with van der Waals surface area (Å²) in [6.07, 6.45) is 7.64. The molecule has 5 rings (SSSR count). The van der Waals surface area contributed by atoms with E-state index in [0.717, 1.165) is 31.4 Å². The first-order chi connectivity index (χ1) is 18.0. The Morgan fingerprint density at radius 2 is 1.95 bits per heavy atom. The van der Waals surface area contributed by atoms with Crippen molar-refractivity contribution in [1.82, 2.24) is 19.7 Å². The molecule has 4 N–H and O–H groups in total. The summed E-state index contributed by atoms with van der Waals surface area (Å²) in [5.41, 5.74) is 8.33. The van der Waals surface area contributed by atoms with Gasteiger partial charge in [0.05, 0.1) is 13.1 Å². The number of hydrogen-bond acceptors (Lipinski definition) is 8. The molecule has 3 heterocycles. The quantitative estimate of drug-likeness (QED) is 0.420. The van der Waals surface area contributed by atoms with Gasteiger partial charge in [-0.3, -0.25) is 14.3 Å². The maximum Gasteiger partial charge on any atom is 0.303 e. The Labute approximate surface area is 214 Å². The second-order valence-electron chi connectivity index (χ2n) is 9.52. The van der Waals surface area contributed by atoms with Crippen LogP contribution in [0.3, 0.4) is 0 Å². The standard InChI is InChI=1S/C26H31N7O4/c27-23-22-24(31-26(30-23)28-11-13-32-12-1-10-29-32)37-15-14-33(25(22)36)20-8-6-19(7-9-20)18-4-2-17(3-5-18)16-21(34)35/h1,6-10,12,17-18H,2-5,11,13-16H2,(H,34,35)(H3,27,28,30,31)/t17-,18-. The van der Waals surface area contributed by atoms with Crippen molar-refractivity contribution in [3.05, 3.63) is 53.9 Å². The van der Waals surface area contributed by atoms with Crippen molar-refractivity contribution in [2.75, 3.05) is 35.6 Å². The molecule has 194 valence electrons. The van der Waals surface area contributed by atoms with E-state index in [1.54, 1.807) is 15.8 Å². The summed E-state index contributed by atoms with van der Waals surface area (Å²) in [4.78, 5) is 34.8. The molecule has 1 aromatic carbocycles. The summed E-state index contributed by atoms with van der Waals surface area (Å²) in [6.45, 7) is 1.79. The Balaban J connectivity index is 1.25. The van der Waals surface area contributed by atoms with Gasteiger partial charge in [-0.1, -0.05) is 12.1 Å². The van der Waals surface area contributed by atoms with Crippen molar-refractivity contribution in [3.8, 4) is 5.88 Å². The molecule has 11 heteroatoms. The van der Waals surface area contributed by atoms with Crippen molar-refractivity contribution in [2.24, 2.45) is 5.92 Å². The van der Waals surface area contributed by atoms with Crippen molar-refractivity contribution in [3.63, 3.8) is 0 Å². The summed E-state index contributed by atoms with van der Waals surface area (Å²) in [5.74, 6) is 0.204. The number of hydrogen-bond donors (Lipinski definition) is 3. The minimum atomic E-state index is -0.718. The summed E-state index contributed by atoms with van der Waals surface area (Å²) in [7, 11) is 0. The van der Waals surface area contributed by atoms with E-state index in [0.29, 0.717) is 31.5 Å². The second-order valence-corrected chi connectivity index (χ2v) is 9.52. The van der Waals surface area contributed by atoms with E-state index in [4.69, 9.17) is 15.6 Å². The third kappa shape index (κ3) is 5.65. The van der Waals surface area contributed by atoms with Gasteiger partial charge in [-0.2, -0.15) is 15.1 Å². The van der Waals surface area contributed by atoms with Gasteiger partial charge in [0.2, 0.25) is 11.8 Å². The maximum atomic E-state index is 13.5. The molecule has 0 radical (unpaired) electrons. The van der Waals surface area contributed by atoms with E-state index in [2.05, 4.69) is 32.5 Å². The molecule has 37 heavy (non-hydrogen) atoms. The topological polar surface area (TPSA) is 148 Å². The van der Waals surface area contributed by atoms with Crippen LogP contribution in [-0.4, -0.2) is 56.4 Å². The summed E-state index contributed by atoms with van der Waals surface area (Å²) >= 11 is 0. The smallest absolute Gasteiger partial charge is 0.303 e. The zero-order chi connectivity index (χ0) is 25.8. The average Bonchev–Trinajstić information content (AvgIpc) is 3.34. The Morgan fingerprint density at radius 1 is 1.16 bits per heavy atom. The van der Waals surface area contributed by atoms with Crippen LogP contribution in [-0.2, 0) is 11.3 Å². The van der Waals surface area contributed by atoms with Crippen LogP contribution >= 0.6 is 0 Å². The molecule has 0 atom stereocenters. The lowest BCUT2D eigenvalue weighted by Crippen LogP contribution is -2.32. The highest BCUT2D eigenvalue weighted by molar-refractivity contribution is 6.10. The van der Waals surface area contributed by atoms with E-state index in [-0.39, 0.29) is 42.1 Å². The molecule has 1 saturated carbocycles. The Bertz CT molecular complexity index is 1240. The number of nitrogens with two attached hydrogens (primary N) is 1. The normalized spacial score (nSPS) is 19.6. The molecule has 11 nitrogen and oxygen atoms in total. The minimum absolute atomic E-state index is 0.0678. The van der Waals surface area contributed by atoms with E-state index < -0.39 is 5.97 Å². The molecule has 0 saturated heterocycles. The first kappa shape index (κ1) is 24.5. The fourth-order valence-corrected chi connectivity index (χ4v) is 5.15. The number of rotatable bonds is 8. The predicted molar refractivity (Wildman–Crippen MR) is 138 cm³/mol. The number of aromatic nitrogens is 4. The van der Waals surface area contributed by atoms with E-state index >= 15 is 0 Å². The van der Waals surface area contributed by atoms with Crippen LogP contribution in [0.4, 0.5) is 17.5 Å². The van der Waals surface area contributed by atoms with Crippen LogP contribution in [0.2, 0.25) is 0 Å². The number of carbonyl (C=O) groups excluding carboxylic acids is 1. The summed E-state index contributed by atoms with van der Waals surface area (Å²) in [5, 5.41) is 16.3. The predicted octanol–water partition coefficient (Wildman–Crippen LogP) is 3.16. The van der Waals surface area contributed by atoms with Crippen molar-refractivity contribution in [1.29, 1.82) is 0 Å². The van der Waals surface area contributed by atoms with Gasteiger partial charge in [0.25, 0.3) is 5.91 Å². The first-order valence-corrected chi connectivity index (χ1v) is 12.6. The van der Waals surface area contributed by atoms with Gasteiger partial charge in [0.15, 0.2) is 0 Å². The molecule has 0 spiro atoms. The summed E-state index contributed by atoms with van der Waals surface area (Å²) < 4.78 is 7.59. The zero-order valence-corrected chi connectivity index (χ0v) is 20.5. The lowest BCUT2D eigenvalue weighted by Gasteiger charge is -2.28. The number of aliphatic carboxylic acids is 1. The number of carboxylic acid groups (broad SMARTS) is 1. The molecular formula is C26H31N7O4. The molecule has 2 aliphatic rings. The van der Waals surface area contributed by atoms with Crippen LogP contribution < -0.4 is 20.7 Å². The number of ether oxygens (including phenoxy) is 1. The SMILES string of the molecule is Nc1nc(NCCn2cccn2)nc2c1C(=O)N(c1ccc([C@H]3CC[C@H](CC(=O)O)CC3)cc1)CCO2. The van der Waals surface area contributed by atoms with Gasteiger partial charge in [0, 0.05) is 31.0 Å². The largest absolute Gasteiger partial charge is 0.481 e. The highest BCUT2D eigenvalue weighted by Gasteiger charge is 2.30. The van der Waals surface area contributed by atoms with Crippen LogP contribution in [0, 0.1) is 5.92 Å². The minimum Gasteiger partial charge on any atom is -0.481 e. The molecule has 1 amide bonds. The van der Waals surface area contributed by atoms with E-state index in [1.807, 2.05) is 24.4 Å². The van der Waals surface area contributed by atoms with E-state index in [1.165, 1.54) is 5.56 Å². The molecule has 2 aromatic heterocycles. The van der Waals surface area contributed by atoms with Crippen molar-refractivity contribution < 1.29 is 19.4 Å². The number of nitrogens with zero attached hydrogens (tertiary/aromatic N) is 5. The molecular weight excluding hydrogens is 474 g/mol. The maximum absolute atomic E-state index is 13.5. The van der Waals surface area contributed by atoms with Gasteiger partial charge in [-0.25, -0.2) is 0 Å². The average molecular weight is 506 g/mol. The number of benzene rings is 1. The van der Waals surface area contributed by atoms with Gasteiger partial charge >= 0.3 is 5.97 Å². The summed E-state index contributed by atoms with van der Waals surface area (Å²) in [6, 6.07) is 9.87. The third-order valence-electron chi connectivity index (χ3n) is 7.09. The van der Waals surface area contributed by atoms with Crippen LogP contribution in [0.1, 0.15) is 53.9 Å². The highest BCUT2D eigenvalue weighted by Crippen LogP contribution is 2.38. The fourth-order valence-electron chi connectivity index (χ4n) is 5.15. The highest BCUT2D eigenvalue weighted by atomic mass is 16.5. The van der Waals surface area contributed by atoms with Gasteiger partial charge in [0.1, 0.15) is 18.0 Å². The molecule has 0 bridgehead atoms. The van der Waals surface area contributed by atoms with Crippen molar-refractivity contribution in [2.45, 2.75) is 44.6 Å². The first-order valence-electron chi connectivity index (χ1n) is 12.6. The van der Waals surface area contributed by atoms with Crippen molar-refractivity contribution >= 4 is 29.3 Å². The molecule has 0 unspecified atom stereocenters. The third-order valence-corrected chi connectivity index (χ3v) is 7.09. The van der Waals surface area contributed by atoms with Crippen LogP contribution in [0.5, 0.6) is 5.88 Å². The lowest BCUT2D eigenvalue weighted by molar-refractivity contribution is -0.138. The molecule has 1 fully saturated rings. The van der Waals surface area contributed by atoms with Crippen LogP contribution in [0.15, 0.2) is 42.7 Å². The van der Waals surface area contributed by atoms with Gasteiger partial charge < -0.3 is 25.8 Å². The Hall–Kier alpha value is -4.15. The lowest BCUT2D eigenvalue weighted by atomic mass is 9.77. The van der Waals surface area contributed by atoms with E-state index in [9.17, 15) is 9.59 Å². The number of amides is 1. The number of anilines is 3. The monoisotopic (exact) mass is 505 g/mol. The number of carbonyl (C=O) groups is 2. The van der Waals surface area contributed by atoms with Crippen LogP contribution in [0.25, 0.3) is 0 Å². The Kier molecular flexibility index (Phi) is 7.20. The second kappa shape index (κ2) is 10.9. The molecule has 1 aliphatic heterocycles.